The van der Waals surface area contributed by atoms with Crippen LogP contribution in [-0.4, -0.2) is 30.1 Å². The summed E-state index contributed by atoms with van der Waals surface area (Å²) < 4.78 is 0. The van der Waals surface area contributed by atoms with E-state index in [1.54, 1.807) is 0 Å². The molecule has 1 aromatic carbocycles. The molecule has 1 aliphatic rings. The zero-order valence-electron chi connectivity index (χ0n) is 11.8. The molecule has 1 saturated heterocycles. The van der Waals surface area contributed by atoms with Gasteiger partial charge in [0.1, 0.15) is 0 Å². The van der Waals surface area contributed by atoms with Crippen LogP contribution < -0.4 is 5.73 Å². The molecule has 0 spiro atoms. The van der Waals surface area contributed by atoms with Crippen molar-refractivity contribution in [3.63, 3.8) is 0 Å². The normalized spacial score (nSPS) is 20.6. The molecule has 0 radical (unpaired) electrons. The molecule has 100 valence electrons. The molecule has 0 aromatic heterocycles. The van der Waals surface area contributed by atoms with E-state index >= 15 is 0 Å². The van der Waals surface area contributed by atoms with Gasteiger partial charge in [0, 0.05) is 12.1 Å². The summed E-state index contributed by atoms with van der Waals surface area (Å²) in [5.74, 6) is 0. The Morgan fingerprint density at radius 2 is 1.72 bits per heavy atom. The Morgan fingerprint density at radius 1 is 1.11 bits per heavy atom. The van der Waals surface area contributed by atoms with Gasteiger partial charge >= 0.3 is 0 Å². The summed E-state index contributed by atoms with van der Waals surface area (Å²) in [5, 5.41) is 0. The van der Waals surface area contributed by atoms with Crippen molar-refractivity contribution in [1.29, 1.82) is 0 Å². The van der Waals surface area contributed by atoms with Gasteiger partial charge in [-0.15, -0.1) is 0 Å². The summed E-state index contributed by atoms with van der Waals surface area (Å²) >= 11 is 0. The van der Waals surface area contributed by atoms with Gasteiger partial charge in [0.2, 0.25) is 0 Å². The Labute approximate surface area is 111 Å². The molecule has 2 N–H and O–H groups in total. The molecule has 2 heteroatoms. The van der Waals surface area contributed by atoms with Gasteiger partial charge in [0.15, 0.2) is 0 Å². The average molecular weight is 246 g/mol. The Bertz CT molecular complexity index is 365. The Hall–Kier alpha value is -0.860. The fraction of sp³-hybridized carbons (Fsp3) is 0.625. The topological polar surface area (TPSA) is 29.3 Å². The molecule has 1 heterocycles. The van der Waals surface area contributed by atoms with Gasteiger partial charge in [-0.3, -0.25) is 4.90 Å². The monoisotopic (exact) mass is 246 g/mol. The standard InChI is InChI=1S/C16H26N2/c1-14-6-8-15(9-7-14)12-16(2,13-17)18-10-4-3-5-11-18/h6-9H,3-5,10-13,17H2,1-2H3. The molecule has 1 unspecified atom stereocenters. The van der Waals surface area contributed by atoms with Crippen LogP contribution in [0.25, 0.3) is 0 Å². The van der Waals surface area contributed by atoms with Crippen molar-refractivity contribution in [1.82, 2.24) is 4.90 Å². The summed E-state index contributed by atoms with van der Waals surface area (Å²) in [6.07, 6.45) is 5.08. The maximum Gasteiger partial charge on any atom is 0.0343 e. The molecule has 18 heavy (non-hydrogen) atoms. The van der Waals surface area contributed by atoms with E-state index in [-0.39, 0.29) is 5.54 Å². The van der Waals surface area contributed by atoms with E-state index in [0.29, 0.717) is 0 Å². The summed E-state index contributed by atoms with van der Waals surface area (Å²) in [4.78, 5) is 2.59. The van der Waals surface area contributed by atoms with Crippen molar-refractivity contribution in [2.45, 2.75) is 45.1 Å². The molecule has 2 nitrogen and oxygen atoms in total. The third-order valence-electron chi connectivity index (χ3n) is 4.26. The molecule has 0 amide bonds. The molecular weight excluding hydrogens is 220 g/mol. The molecule has 1 atom stereocenters. The number of nitrogens with two attached hydrogens (primary N) is 1. The van der Waals surface area contributed by atoms with Crippen LogP contribution in [0.3, 0.4) is 0 Å². The third kappa shape index (κ3) is 3.12. The van der Waals surface area contributed by atoms with E-state index in [4.69, 9.17) is 5.73 Å². The molecule has 0 saturated carbocycles. The van der Waals surface area contributed by atoms with Crippen LogP contribution in [-0.2, 0) is 6.42 Å². The molecule has 2 rings (SSSR count). The van der Waals surface area contributed by atoms with Gasteiger partial charge in [-0.05, 0) is 51.8 Å². The highest BCUT2D eigenvalue weighted by Crippen LogP contribution is 2.24. The van der Waals surface area contributed by atoms with Crippen LogP contribution >= 0.6 is 0 Å². The first-order valence-electron chi connectivity index (χ1n) is 7.15. The maximum atomic E-state index is 6.07. The fourth-order valence-corrected chi connectivity index (χ4v) is 2.89. The summed E-state index contributed by atoms with van der Waals surface area (Å²) in [6, 6.07) is 8.88. The van der Waals surface area contributed by atoms with Gasteiger partial charge in [-0.1, -0.05) is 36.2 Å². The maximum absolute atomic E-state index is 6.07. The summed E-state index contributed by atoms with van der Waals surface area (Å²) in [7, 11) is 0. The fourth-order valence-electron chi connectivity index (χ4n) is 2.89. The second kappa shape index (κ2) is 5.85. The minimum Gasteiger partial charge on any atom is -0.329 e. The van der Waals surface area contributed by atoms with Crippen molar-refractivity contribution >= 4 is 0 Å². The lowest BCUT2D eigenvalue weighted by Crippen LogP contribution is -2.54. The molecule has 1 aliphatic heterocycles. The van der Waals surface area contributed by atoms with E-state index in [1.807, 2.05) is 0 Å². The Kier molecular flexibility index (Phi) is 4.41. The van der Waals surface area contributed by atoms with E-state index in [1.165, 1.54) is 43.5 Å². The van der Waals surface area contributed by atoms with Crippen molar-refractivity contribution in [2.75, 3.05) is 19.6 Å². The van der Waals surface area contributed by atoms with Crippen LogP contribution in [0, 0.1) is 6.92 Å². The van der Waals surface area contributed by atoms with E-state index in [0.717, 1.165) is 13.0 Å². The minimum atomic E-state index is 0.121. The minimum absolute atomic E-state index is 0.121. The summed E-state index contributed by atoms with van der Waals surface area (Å²) in [6.45, 7) is 7.61. The summed E-state index contributed by atoms with van der Waals surface area (Å²) in [5.41, 5.74) is 8.92. The number of likely N-dealkylation sites (tertiary alicyclic amines) is 1. The second-order valence-corrected chi connectivity index (χ2v) is 5.91. The first-order chi connectivity index (χ1) is 8.64. The van der Waals surface area contributed by atoms with E-state index in [9.17, 15) is 0 Å². The predicted octanol–water partition coefficient (Wildman–Crippen LogP) is 2.74. The van der Waals surface area contributed by atoms with Crippen LogP contribution in [0.2, 0.25) is 0 Å². The zero-order chi connectivity index (χ0) is 13.0. The van der Waals surface area contributed by atoms with Crippen LogP contribution in [0.5, 0.6) is 0 Å². The van der Waals surface area contributed by atoms with Gasteiger partial charge in [0.25, 0.3) is 0 Å². The molecule has 1 fully saturated rings. The molecule has 0 aliphatic carbocycles. The second-order valence-electron chi connectivity index (χ2n) is 5.91. The number of piperidine rings is 1. The largest absolute Gasteiger partial charge is 0.329 e. The lowest BCUT2D eigenvalue weighted by Gasteiger charge is -2.43. The number of hydrogen-bond acceptors (Lipinski definition) is 2. The molecule has 1 aromatic rings. The van der Waals surface area contributed by atoms with Crippen molar-refractivity contribution in [3.8, 4) is 0 Å². The highest BCUT2D eigenvalue weighted by molar-refractivity contribution is 5.23. The highest BCUT2D eigenvalue weighted by atomic mass is 15.2. The lowest BCUT2D eigenvalue weighted by atomic mass is 9.89. The molecule has 0 bridgehead atoms. The first kappa shape index (κ1) is 13.6. The third-order valence-corrected chi connectivity index (χ3v) is 4.26. The van der Waals surface area contributed by atoms with Crippen molar-refractivity contribution in [3.05, 3.63) is 35.4 Å². The number of nitrogens with zero attached hydrogens (tertiary/aromatic N) is 1. The SMILES string of the molecule is Cc1ccc(CC(C)(CN)N2CCCCC2)cc1. The van der Waals surface area contributed by atoms with E-state index < -0.39 is 0 Å². The first-order valence-corrected chi connectivity index (χ1v) is 7.15. The highest BCUT2D eigenvalue weighted by Gasteiger charge is 2.31. The van der Waals surface area contributed by atoms with Crippen LogP contribution in [0.4, 0.5) is 0 Å². The predicted molar refractivity (Wildman–Crippen MR) is 77.8 cm³/mol. The number of aryl methyl sites for hydroxylation is 1. The average Bonchev–Trinajstić information content (AvgIpc) is 2.42. The van der Waals surface area contributed by atoms with Crippen LogP contribution in [0.15, 0.2) is 24.3 Å². The number of hydrogen-bond donors (Lipinski definition) is 1. The molecular formula is C16H26N2. The Morgan fingerprint density at radius 3 is 2.28 bits per heavy atom. The van der Waals surface area contributed by atoms with Gasteiger partial charge in [-0.2, -0.15) is 0 Å². The van der Waals surface area contributed by atoms with E-state index in [2.05, 4.69) is 43.0 Å². The van der Waals surface area contributed by atoms with Gasteiger partial charge in [0.05, 0.1) is 0 Å². The van der Waals surface area contributed by atoms with Gasteiger partial charge in [-0.25, -0.2) is 0 Å². The smallest absolute Gasteiger partial charge is 0.0343 e. The quantitative estimate of drug-likeness (QED) is 0.885. The zero-order valence-corrected chi connectivity index (χ0v) is 11.8. The van der Waals surface area contributed by atoms with Crippen LogP contribution in [0.1, 0.15) is 37.3 Å². The number of rotatable bonds is 4. The van der Waals surface area contributed by atoms with Crippen molar-refractivity contribution < 1.29 is 0 Å². The number of benzene rings is 1. The lowest BCUT2D eigenvalue weighted by molar-refractivity contribution is 0.0870. The Balaban J connectivity index is 2.08. The van der Waals surface area contributed by atoms with Crippen molar-refractivity contribution in [2.24, 2.45) is 5.73 Å². The van der Waals surface area contributed by atoms with Gasteiger partial charge < -0.3 is 5.73 Å².